The number of nitrogens with one attached hydrogen (secondary N) is 1. The molecule has 2 aliphatic heterocycles. The third-order valence-corrected chi connectivity index (χ3v) is 8.51. The summed E-state index contributed by atoms with van der Waals surface area (Å²) in [6.45, 7) is 12.8. The van der Waals surface area contributed by atoms with Crippen LogP contribution in [0.2, 0.25) is 0 Å². The highest BCUT2D eigenvalue weighted by atomic mass is 16.5. The van der Waals surface area contributed by atoms with Crippen molar-refractivity contribution in [1.29, 1.82) is 0 Å². The zero-order valence-electron chi connectivity index (χ0n) is 26.3. The van der Waals surface area contributed by atoms with Gasteiger partial charge in [0.15, 0.2) is 0 Å². The van der Waals surface area contributed by atoms with Crippen LogP contribution in [-0.2, 0) is 4.79 Å². The van der Waals surface area contributed by atoms with E-state index in [0.717, 1.165) is 63.2 Å². The Morgan fingerprint density at radius 3 is 2.02 bits per heavy atom. The maximum atomic E-state index is 13.7. The second-order valence-electron chi connectivity index (χ2n) is 12.9. The number of amides is 3. The lowest BCUT2D eigenvalue weighted by atomic mass is 9.98. The molecule has 2 aliphatic rings. The molecule has 0 saturated carbocycles. The summed E-state index contributed by atoms with van der Waals surface area (Å²) in [4.78, 5) is 33.3. The molecule has 1 atom stereocenters. The van der Waals surface area contributed by atoms with Crippen molar-refractivity contribution < 1.29 is 14.3 Å². The second-order valence-corrected chi connectivity index (χ2v) is 12.9. The van der Waals surface area contributed by atoms with Gasteiger partial charge < -0.3 is 24.8 Å². The molecular formula is C35H52N4O3. The Kier molecular flexibility index (Phi) is 12.0. The average Bonchev–Trinajstić information content (AvgIpc) is 3.28. The van der Waals surface area contributed by atoms with Gasteiger partial charge in [-0.2, -0.15) is 0 Å². The first-order valence-corrected chi connectivity index (χ1v) is 16.2. The Balaban J connectivity index is 1.38. The van der Waals surface area contributed by atoms with Crippen LogP contribution in [0.5, 0.6) is 11.5 Å². The number of hydrogen-bond acceptors (Lipinski definition) is 4. The molecule has 230 valence electrons. The van der Waals surface area contributed by atoms with Crippen LogP contribution in [0.15, 0.2) is 54.6 Å². The number of likely N-dealkylation sites (tertiary alicyclic amines) is 2. The molecule has 2 saturated heterocycles. The van der Waals surface area contributed by atoms with Gasteiger partial charge in [-0.1, -0.05) is 58.7 Å². The minimum absolute atomic E-state index is 0.0708. The number of para-hydroxylation sites is 1. The highest BCUT2D eigenvalue weighted by Gasteiger charge is 2.32. The van der Waals surface area contributed by atoms with Crippen molar-refractivity contribution in [1.82, 2.24) is 15.1 Å². The minimum atomic E-state index is -0.466. The predicted molar refractivity (Wildman–Crippen MR) is 171 cm³/mol. The zero-order chi connectivity index (χ0) is 29.9. The number of carbonyl (C=O) groups excluding carboxylic acids is 2. The van der Waals surface area contributed by atoms with Crippen LogP contribution in [-0.4, -0.2) is 66.5 Å². The molecule has 3 amide bonds. The van der Waals surface area contributed by atoms with E-state index in [4.69, 9.17) is 4.74 Å². The smallest absolute Gasteiger partial charge is 0.318 e. The van der Waals surface area contributed by atoms with Crippen LogP contribution in [0.4, 0.5) is 10.5 Å². The van der Waals surface area contributed by atoms with Crippen LogP contribution in [0.1, 0.15) is 79.1 Å². The highest BCUT2D eigenvalue weighted by Crippen LogP contribution is 2.29. The van der Waals surface area contributed by atoms with Gasteiger partial charge in [0.1, 0.15) is 17.5 Å². The number of piperidine rings is 1. The fraction of sp³-hybridized carbons (Fsp3) is 0.600. The van der Waals surface area contributed by atoms with Crippen molar-refractivity contribution in [3.8, 4) is 11.5 Å². The number of ether oxygens (including phenoxy) is 1. The van der Waals surface area contributed by atoms with Crippen molar-refractivity contribution in [3.05, 3.63) is 54.6 Å². The summed E-state index contributed by atoms with van der Waals surface area (Å²) in [5, 5.41) is 3.13. The third-order valence-electron chi connectivity index (χ3n) is 8.51. The van der Waals surface area contributed by atoms with Gasteiger partial charge in [0.2, 0.25) is 5.91 Å². The van der Waals surface area contributed by atoms with E-state index in [2.05, 4.69) is 50.0 Å². The Labute approximate surface area is 253 Å². The van der Waals surface area contributed by atoms with Gasteiger partial charge in [-0.15, -0.1) is 0 Å². The number of hydrogen-bond donors (Lipinski definition) is 1. The summed E-state index contributed by atoms with van der Waals surface area (Å²) in [6, 6.07) is 18.1. The van der Waals surface area contributed by atoms with Gasteiger partial charge in [-0.3, -0.25) is 4.79 Å². The Morgan fingerprint density at radius 2 is 1.43 bits per heavy atom. The normalized spacial score (nSPS) is 17.2. The lowest BCUT2D eigenvalue weighted by molar-refractivity contribution is -0.134. The molecule has 0 radical (unpaired) electrons. The zero-order valence-corrected chi connectivity index (χ0v) is 26.3. The molecule has 0 spiro atoms. The fourth-order valence-corrected chi connectivity index (χ4v) is 6.08. The summed E-state index contributed by atoms with van der Waals surface area (Å²) in [7, 11) is 0. The van der Waals surface area contributed by atoms with Crippen molar-refractivity contribution in [2.75, 3.05) is 37.6 Å². The van der Waals surface area contributed by atoms with Gasteiger partial charge in [0, 0.05) is 44.5 Å². The Morgan fingerprint density at radius 1 is 0.810 bits per heavy atom. The van der Waals surface area contributed by atoms with E-state index in [1.165, 1.54) is 18.5 Å². The number of urea groups is 1. The Hall–Kier alpha value is -3.22. The molecule has 7 heteroatoms. The van der Waals surface area contributed by atoms with Crippen molar-refractivity contribution in [3.63, 3.8) is 0 Å². The SMILES string of the molecule is CC(C)CCN(c1ccc(Oc2ccccc2)cc1)C1CCN(C(=O)C(CC(C)C)NC(=O)N2CCCCCC2)CC1. The molecule has 2 fully saturated rings. The number of nitrogens with zero attached hydrogens (tertiary/aromatic N) is 3. The van der Waals surface area contributed by atoms with Crippen LogP contribution < -0.4 is 15.0 Å². The molecular weight excluding hydrogens is 524 g/mol. The van der Waals surface area contributed by atoms with E-state index in [9.17, 15) is 9.59 Å². The van der Waals surface area contributed by atoms with Crippen LogP contribution >= 0.6 is 0 Å². The topological polar surface area (TPSA) is 65.1 Å². The van der Waals surface area contributed by atoms with Crippen LogP contribution in [0, 0.1) is 11.8 Å². The minimum Gasteiger partial charge on any atom is -0.457 e. The number of rotatable bonds is 11. The number of carbonyl (C=O) groups is 2. The van der Waals surface area contributed by atoms with Gasteiger partial charge in [-0.05, 0) is 86.8 Å². The molecule has 2 aromatic rings. The maximum absolute atomic E-state index is 13.7. The summed E-state index contributed by atoms with van der Waals surface area (Å²) in [6.07, 6.45) is 8.04. The number of benzene rings is 2. The molecule has 7 nitrogen and oxygen atoms in total. The van der Waals surface area contributed by atoms with Gasteiger partial charge in [0.25, 0.3) is 0 Å². The van der Waals surface area contributed by atoms with Crippen molar-refractivity contribution in [2.24, 2.45) is 11.8 Å². The van der Waals surface area contributed by atoms with E-state index >= 15 is 0 Å². The maximum Gasteiger partial charge on any atom is 0.318 e. The summed E-state index contributed by atoms with van der Waals surface area (Å²) >= 11 is 0. The lowest BCUT2D eigenvalue weighted by Gasteiger charge is -2.41. The first kappa shape index (κ1) is 31.7. The predicted octanol–water partition coefficient (Wildman–Crippen LogP) is 7.32. The Bertz CT molecular complexity index is 1090. The molecule has 0 bridgehead atoms. The van der Waals surface area contributed by atoms with E-state index in [1.54, 1.807) is 0 Å². The van der Waals surface area contributed by atoms with Gasteiger partial charge in [-0.25, -0.2) is 4.79 Å². The molecule has 0 aromatic heterocycles. The molecule has 42 heavy (non-hydrogen) atoms. The molecule has 2 heterocycles. The van der Waals surface area contributed by atoms with E-state index < -0.39 is 6.04 Å². The van der Waals surface area contributed by atoms with Crippen LogP contribution in [0.3, 0.4) is 0 Å². The first-order valence-electron chi connectivity index (χ1n) is 16.2. The summed E-state index contributed by atoms with van der Waals surface area (Å²) < 4.78 is 6.02. The molecule has 1 N–H and O–H groups in total. The largest absolute Gasteiger partial charge is 0.457 e. The lowest BCUT2D eigenvalue weighted by Crippen LogP contribution is -2.55. The standard InChI is InChI=1S/C35H52N4O3/c1-27(2)18-25-39(29-14-16-32(17-15-29)42-31-12-8-7-9-13-31)30-19-23-37(24-20-30)34(40)33(26-28(3)4)36-35(41)38-21-10-5-6-11-22-38/h7-9,12-17,27-28,30,33H,5-6,10-11,18-26H2,1-4H3,(H,36,41). The molecule has 2 aromatic carbocycles. The van der Waals surface area contributed by atoms with Gasteiger partial charge >= 0.3 is 6.03 Å². The van der Waals surface area contributed by atoms with Gasteiger partial charge in [0.05, 0.1) is 0 Å². The quantitative estimate of drug-likeness (QED) is 0.304. The fourth-order valence-electron chi connectivity index (χ4n) is 6.08. The summed E-state index contributed by atoms with van der Waals surface area (Å²) in [5.41, 5.74) is 1.20. The molecule has 0 aliphatic carbocycles. The van der Waals surface area contributed by atoms with Crippen molar-refractivity contribution in [2.45, 2.75) is 91.1 Å². The number of anilines is 1. The van der Waals surface area contributed by atoms with E-state index in [-0.39, 0.29) is 11.9 Å². The molecule has 4 rings (SSSR count). The summed E-state index contributed by atoms with van der Waals surface area (Å²) in [5.74, 6) is 2.66. The van der Waals surface area contributed by atoms with Crippen LogP contribution in [0.25, 0.3) is 0 Å². The van der Waals surface area contributed by atoms with E-state index in [0.29, 0.717) is 37.4 Å². The first-order chi connectivity index (χ1) is 20.3. The highest BCUT2D eigenvalue weighted by molar-refractivity contribution is 5.87. The average molecular weight is 577 g/mol. The molecule has 1 unspecified atom stereocenters. The van der Waals surface area contributed by atoms with E-state index in [1.807, 2.05) is 52.3 Å². The van der Waals surface area contributed by atoms with Crippen molar-refractivity contribution >= 4 is 17.6 Å². The third kappa shape index (κ3) is 9.40. The second kappa shape index (κ2) is 15.9. The monoisotopic (exact) mass is 576 g/mol.